The van der Waals surface area contributed by atoms with Gasteiger partial charge in [-0.05, 0) is 43.4 Å². The third-order valence-electron chi connectivity index (χ3n) is 5.91. The average Bonchev–Trinajstić information content (AvgIpc) is 2.63. The Kier molecular flexibility index (Phi) is 7.77. The van der Waals surface area contributed by atoms with Crippen LogP contribution in [-0.2, 0) is 20.6 Å². The van der Waals surface area contributed by atoms with Crippen molar-refractivity contribution in [3.8, 4) is 0 Å². The third-order valence-corrected chi connectivity index (χ3v) is 7.99. The van der Waals surface area contributed by atoms with Crippen molar-refractivity contribution in [1.82, 2.24) is 9.62 Å². The van der Waals surface area contributed by atoms with Gasteiger partial charge in [-0.2, -0.15) is 0 Å². The van der Waals surface area contributed by atoms with Crippen LogP contribution in [0, 0.1) is 5.92 Å². The van der Waals surface area contributed by atoms with Crippen molar-refractivity contribution in [2.45, 2.75) is 69.6 Å². The Morgan fingerprint density at radius 2 is 1.68 bits per heavy atom. The van der Waals surface area contributed by atoms with Gasteiger partial charge >= 0.3 is 0 Å². The highest BCUT2D eigenvalue weighted by Gasteiger charge is 2.31. The summed E-state index contributed by atoms with van der Waals surface area (Å²) in [6.45, 7) is 0.817. The largest absolute Gasteiger partial charge is 0.353 e. The standard InChI is InChI=1S/C21H31ClN2O3S/c22-19-8-6-7-17(15-19)16-28(26,27)24-13-11-18(12-14-24)21(25)23-20-9-4-2-1-3-5-10-20/h6-8,15,18,20H,1-5,9-14,16H2,(H,23,25). The molecule has 0 spiro atoms. The number of hydrogen-bond donors (Lipinski definition) is 1. The van der Waals surface area contributed by atoms with Crippen molar-refractivity contribution in [2.24, 2.45) is 5.92 Å². The predicted molar refractivity (Wildman–Crippen MR) is 113 cm³/mol. The Bertz CT molecular complexity index is 753. The van der Waals surface area contributed by atoms with Crippen LogP contribution in [-0.4, -0.2) is 37.8 Å². The van der Waals surface area contributed by atoms with Gasteiger partial charge in [0.1, 0.15) is 0 Å². The normalized spacial score (nSPS) is 21.0. The summed E-state index contributed by atoms with van der Waals surface area (Å²) in [5.41, 5.74) is 0.691. The molecule has 2 aliphatic rings. The minimum Gasteiger partial charge on any atom is -0.353 e. The molecule has 3 rings (SSSR count). The van der Waals surface area contributed by atoms with Gasteiger partial charge in [-0.15, -0.1) is 0 Å². The van der Waals surface area contributed by atoms with Gasteiger partial charge in [-0.3, -0.25) is 4.79 Å². The number of benzene rings is 1. The smallest absolute Gasteiger partial charge is 0.223 e. The molecule has 1 aliphatic carbocycles. The zero-order chi connectivity index (χ0) is 20.0. The molecule has 28 heavy (non-hydrogen) atoms. The molecule has 156 valence electrons. The van der Waals surface area contributed by atoms with Crippen LogP contribution in [0.2, 0.25) is 5.02 Å². The molecule has 1 saturated carbocycles. The highest BCUT2D eigenvalue weighted by Crippen LogP contribution is 2.24. The molecular weight excluding hydrogens is 396 g/mol. The van der Waals surface area contributed by atoms with Crippen LogP contribution in [0.15, 0.2) is 24.3 Å². The molecule has 5 nitrogen and oxygen atoms in total. The molecule has 1 aromatic rings. The van der Waals surface area contributed by atoms with E-state index in [-0.39, 0.29) is 23.6 Å². The van der Waals surface area contributed by atoms with E-state index in [1.165, 1.54) is 36.4 Å². The van der Waals surface area contributed by atoms with Gasteiger partial charge in [-0.25, -0.2) is 12.7 Å². The topological polar surface area (TPSA) is 66.5 Å². The van der Waals surface area contributed by atoms with Crippen molar-refractivity contribution in [1.29, 1.82) is 0 Å². The third kappa shape index (κ3) is 6.19. The summed E-state index contributed by atoms with van der Waals surface area (Å²) in [4.78, 5) is 12.7. The SMILES string of the molecule is O=C(NC1CCCCCCC1)C1CCN(S(=O)(=O)Cc2cccc(Cl)c2)CC1. The summed E-state index contributed by atoms with van der Waals surface area (Å²) < 4.78 is 26.9. The Morgan fingerprint density at radius 3 is 2.32 bits per heavy atom. The molecule has 0 radical (unpaired) electrons. The Balaban J connectivity index is 1.49. The van der Waals surface area contributed by atoms with Gasteiger partial charge in [0.2, 0.25) is 15.9 Å². The summed E-state index contributed by atoms with van der Waals surface area (Å²) >= 11 is 5.96. The zero-order valence-corrected chi connectivity index (χ0v) is 18.0. The van der Waals surface area contributed by atoms with E-state index in [0.29, 0.717) is 36.5 Å². The first-order valence-corrected chi connectivity index (χ1v) is 12.5. The van der Waals surface area contributed by atoms with E-state index < -0.39 is 10.0 Å². The second-order valence-electron chi connectivity index (χ2n) is 8.11. The highest BCUT2D eigenvalue weighted by molar-refractivity contribution is 7.88. The lowest BCUT2D eigenvalue weighted by molar-refractivity contribution is -0.127. The fraction of sp³-hybridized carbons (Fsp3) is 0.667. The molecule has 1 saturated heterocycles. The summed E-state index contributed by atoms with van der Waals surface area (Å²) in [5.74, 6) is -0.0208. The molecule has 0 bridgehead atoms. The maximum absolute atomic E-state index is 12.7. The molecule has 1 aliphatic heterocycles. The molecule has 1 N–H and O–H groups in total. The van der Waals surface area contributed by atoms with E-state index in [4.69, 9.17) is 11.6 Å². The summed E-state index contributed by atoms with van der Waals surface area (Å²) in [6, 6.07) is 7.25. The summed E-state index contributed by atoms with van der Waals surface area (Å²) in [7, 11) is -3.40. The van der Waals surface area contributed by atoms with Crippen LogP contribution in [0.4, 0.5) is 0 Å². The fourth-order valence-corrected chi connectivity index (χ4v) is 6.01. The van der Waals surface area contributed by atoms with Crippen molar-refractivity contribution >= 4 is 27.5 Å². The Hall–Kier alpha value is -1.11. The number of rotatable bonds is 5. The van der Waals surface area contributed by atoms with Gasteiger partial charge in [0.05, 0.1) is 5.75 Å². The summed E-state index contributed by atoms with van der Waals surface area (Å²) in [5, 5.41) is 3.77. The van der Waals surface area contributed by atoms with Gasteiger partial charge < -0.3 is 5.32 Å². The van der Waals surface area contributed by atoms with E-state index in [1.54, 1.807) is 24.3 Å². The molecule has 0 atom stereocenters. The molecule has 1 heterocycles. The van der Waals surface area contributed by atoms with Crippen LogP contribution in [0.1, 0.15) is 63.4 Å². The van der Waals surface area contributed by atoms with Crippen LogP contribution in [0.25, 0.3) is 0 Å². The fourth-order valence-electron chi connectivity index (χ4n) is 4.24. The number of nitrogens with one attached hydrogen (secondary N) is 1. The molecule has 0 unspecified atom stereocenters. The van der Waals surface area contributed by atoms with Crippen molar-refractivity contribution in [3.63, 3.8) is 0 Å². The number of nitrogens with zero attached hydrogens (tertiary/aromatic N) is 1. The van der Waals surface area contributed by atoms with E-state index in [0.717, 1.165) is 12.8 Å². The average molecular weight is 427 g/mol. The molecule has 1 aromatic carbocycles. The number of piperidine rings is 1. The first-order valence-electron chi connectivity index (χ1n) is 10.5. The van der Waals surface area contributed by atoms with Gasteiger partial charge in [0.25, 0.3) is 0 Å². The quantitative estimate of drug-likeness (QED) is 0.770. The minimum atomic E-state index is -3.40. The minimum absolute atomic E-state index is 0.0491. The maximum atomic E-state index is 12.7. The second kappa shape index (κ2) is 10.1. The lowest BCUT2D eigenvalue weighted by atomic mass is 9.94. The van der Waals surface area contributed by atoms with Gasteiger partial charge in [0, 0.05) is 30.1 Å². The molecule has 7 heteroatoms. The van der Waals surface area contributed by atoms with E-state index in [1.807, 2.05) is 0 Å². The number of sulfonamides is 1. The first-order chi connectivity index (χ1) is 13.4. The Labute approximate surface area is 173 Å². The van der Waals surface area contributed by atoms with Crippen LogP contribution < -0.4 is 5.32 Å². The first kappa shape index (κ1) is 21.6. The predicted octanol–water partition coefficient (Wildman–Crippen LogP) is 4.11. The van der Waals surface area contributed by atoms with Crippen molar-refractivity contribution < 1.29 is 13.2 Å². The van der Waals surface area contributed by atoms with E-state index in [9.17, 15) is 13.2 Å². The molecule has 0 aromatic heterocycles. The number of halogens is 1. The zero-order valence-electron chi connectivity index (χ0n) is 16.4. The van der Waals surface area contributed by atoms with E-state index >= 15 is 0 Å². The number of carbonyl (C=O) groups excluding carboxylic acids is 1. The van der Waals surface area contributed by atoms with Gasteiger partial charge in [0.15, 0.2) is 0 Å². The lowest BCUT2D eigenvalue weighted by Crippen LogP contribution is -2.45. The van der Waals surface area contributed by atoms with Gasteiger partial charge in [-0.1, -0.05) is 55.8 Å². The van der Waals surface area contributed by atoms with Crippen LogP contribution in [0.3, 0.4) is 0 Å². The summed E-state index contributed by atoms with van der Waals surface area (Å²) in [6.07, 6.45) is 9.52. The highest BCUT2D eigenvalue weighted by atomic mass is 35.5. The Morgan fingerprint density at radius 1 is 1.04 bits per heavy atom. The molecule has 1 amide bonds. The monoisotopic (exact) mass is 426 g/mol. The van der Waals surface area contributed by atoms with Crippen molar-refractivity contribution in [3.05, 3.63) is 34.9 Å². The van der Waals surface area contributed by atoms with Crippen LogP contribution in [0.5, 0.6) is 0 Å². The van der Waals surface area contributed by atoms with Crippen molar-refractivity contribution in [2.75, 3.05) is 13.1 Å². The number of hydrogen-bond acceptors (Lipinski definition) is 3. The molecular formula is C21H31ClN2O3S. The lowest BCUT2D eigenvalue weighted by Gasteiger charge is -2.32. The molecule has 2 fully saturated rings. The second-order valence-corrected chi connectivity index (χ2v) is 10.5. The van der Waals surface area contributed by atoms with Crippen LogP contribution >= 0.6 is 11.6 Å². The number of carbonyl (C=O) groups is 1. The maximum Gasteiger partial charge on any atom is 0.223 e. The number of amides is 1. The van der Waals surface area contributed by atoms with E-state index in [2.05, 4.69) is 5.32 Å².